The topological polar surface area (TPSA) is 119 Å². The first-order chi connectivity index (χ1) is 24.3. The van der Waals surface area contributed by atoms with Gasteiger partial charge in [-0.25, -0.2) is 15.0 Å². The lowest BCUT2D eigenvalue weighted by molar-refractivity contribution is -0.142. The number of ether oxygens (including phenoxy) is 1. The van der Waals surface area contributed by atoms with E-state index in [-0.39, 0.29) is 29.8 Å². The lowest BCUT2D eigenvalue weighted by Gasteiger charge is -2.43. The maximum Gasteiger partial charge on any atom is 0.262 e. The summed E-state index contributed by atoms with van der Waals surface area (Å²) in [7, 11) is 1.85. The summed E-state index contributed by atoms with van der Waals surface area (Å²) in [4.78, 5) is 46.5. The Hall–Kier alpha value is -4.39. The van der Waals surface area contributed by atoms with E-state index in [0.29, 0.717) is 48.8 Å². The Balaban J connectivity index is 0.905. The van der Waals surface area contributed by atoms with Crippen molar-refractivity contribution in [2.75, 3.05) is 32.8 Å². The number of hydrogen-bond donors (Lipinski definition) is 1. The normalized spacial score (nSPS) is 21.0. The zero-order valence-electron chi connectivity index (χ0n) is 28.4. The third-order valence-electron chi connectivity index (χ3n) is 10.6. The average Bonchev–Trinajstić information content (AvgIpc) is 3.73. The van der Waals surface area contributed by atoms with Crippen molar-refractivity contribution in [3.8, 4) is 16.5 Å². The van der Waals surface area contributed by atoms with Gasteiger partial charge in [-0.15, -0.1) is 11.3 Å². The first kappa shape index (κ1) is 32.8. The number of hydrogen-bond acceptors (Lipinski definition) is 9. The summed E-state index contributed by atoms with van der Waals surface area (Å²) in [6, 6.07) is 16.1. The number of nitrogens with zero attached hydrogens (tertiary/aromatic N) is 7. The molecule has 8 rings (SSSR count). The first-order valence-electron chi connectivity index (χ1n) is 17.6. The van der Waals surface area contributed by atoms with E-state index in [0.717, 1.165) is 43.2 Å². The van der Waals surface area contributed by atoms with Gasteiger partial charge in [-0.05, 0) is 62.3 Å². The van der Waals surface area contributed by atoms with Gasteiger partial charge in [0.2, 0.25) is 11.8 Å². The molecule has 0 spiro atoms. The van der Waals surface area contributed by atoms with Crippen LogP contribution in [0.25, 0.3) is 21.6 Å². The van der Waals surface area contributed by atoms with Crippen molar-refractivity contribution in [1.29, 1.82) is 0 Å². The molecule has 4 aromatic heterocycles. The molecule has 0 bridgehead atoms. The van der Waals surface area contributed by atoms with E-state index in [1.54, 1.807) is 17.4 Å². The number of carbonyl (C=O) groups excluding carboxylic acids is 1. The second-order valence-corrected chi connectivity index (χ2v) is 15.4. The van der Waals surface area contributed by atoms with Gasteiger partial charge in [0.05, 0.1) is 24.1 Å². The molecule has 0 radical (unpaired) electrons. The number of piperidine rings is 2. The Morgan fingerprint density at radius 2 is 1.82 bits per heavy atom. The minimum atomic E-state index is -1.08. The number of benzene rings is 1. The molecule has 1 aliphatic carbocycles. The van der Waals surface area contributed by atoms with Gasteiger partial charge in [0.15, 0.2) is 0 Å². The molecule has 5 aromatic rings. The van der Waals surface area contributed by atoms with E-state index in [1.165, 1.54) is 34.2 Å². The van der Waals surface area contributed by atoms with E-state index < -0.39 is 5.60 Å². The fourth-order valence-electron chi connectivity index (χ4n) is 7.46. The number of rotatable bonds is 10. The number of carbonyl (C=O) groups is 1. The van der Waals surface area contributed by atoms with Crippen LogP contribution in [0.3, 0.4) is 0 Å². The number of amides is 1. The van der Waals surface area contributed by atoms with Crippen LogP contribution in [0.15, 0.2) is 78.2 Å². The van der Waals surface area contributed by atoms with Gasteiger partial charge in [-0.2, -0.15) is 0 Å². The van der Waals surface area contributed by atoms with Gasteiger partial charge >= 0.3 is 0 Å². The van der Waals surface area contributed by atoms with Crippen molar-refractivity contribution in [2.45, 2.75) is 56.7 Å². The van der Waals surface area contributed by atoms with Gasteiger partial charge in [0, 0.05) is 80.2 Å². The summed E-state index contributed by atoms with van der Waals surface area (Å²) in [6.45, 7) is 4.19. The molecule has 1 aromatic carbocycles. The van der Waals surface area contributed by atoms with Crippen molar-refractivity contribution in [3.05, 3.63) is 94.2 Å². The Morgan fingerprint density at radius 1 is 1.00 bits per heavy atom. The smallest absolute Gasteiger partial charge is 0.262 e. The highest BCUT2D eigenvalue weighted by Gasteiger charge is 2.41. The Bertz CT molecular complexity index is 2010. The first-order valence-corrected chi connectivity index (χ1v) is 18.5. The van der Waals surface area contributed by atoms with Crippen LogP contribution in [0.5, 0.6) is 5.88 Å². The lowest BCUT2D eigenvalue weighted by Crippen LogP contribution is -2.53. The molecule has 6 heterocycles. The quantitative estimate of drug-likeness (QED) is 0.224. The number of thiazole rings is 1. The molecule has 3 fully saturated rings. The van der Waals surface area contributed by atoms with Gasteiger partial charge < -0.3 is 19.3 Å². The molecule has 1 saturated carbocycles. The Labute approximate surface area is 295 Å². The standard InChI is InChI=1S/C38H43N7O4S/c1-42-15-11-31-34(42)41-25-45(37(31)47)24-38(48)13-17-44(18-14-38)36(46)30-12-16-43(22-32(30)27-5-3-2-4-6-27)21-29-20-40-35(50-29)28-9-10-33(39-19-28)49-23-26-7-8-26/h2-6,9-11,15,19-20,25-26,30,32,48H,7-8,12-14,16-18,21-24H2,1H3/t30-,32+/m1/s1. The summed E-state index contributed by atoms with van der Waals surface area (Å²) in [5, 5.41) is 13.0. The highest BCUT2D eigenvalue weighted by atomic mass is 32.1. The van der Waals surface area contributed by atoms with Crippen LogP contribution in [-0.2, 0) is 24.9 Å². The number of likely N-dealkylation sites (tertiary alicyclic amines) is 2. The lowest BCUT2D eigenvalue weighted by atomic mass is 9.79. The van der Waals surface area contributed by atoms with Crippen LogP contribution in [0.4, 0.5) is 0 Å². The van der Waals surface area contributed by atoms with Crippen molar-refractivity contribution in [1.82, 2.24) is 33.9 Å². The average molecular weight is 694 g/mol. The van der Waals surface area contributed by atoms with E-state index in [4.69, 9.17) is 9.72 Å². The van der Waals surface area contributed by atoms with E-state index in [9.17, 15) is 14.7 Å². The fourth-order valence-corrected chi connectivity index (χ4v) is 8.40. The summed E-state index contributed by atoms with van der Waals surface area (Å²) < 4.78 is 9.12. The number of aromatic nitrogens is 5. The highest BCUT2D eigenvalue weighted by molar-refractivity contribution is 7.15. The van der Waals surface area contributed by atoms with Crippen LogP contribution in [0, 0.1) is 11.8 Å². The van der Waals surface area contributed by atoms with Crippen LogP contribution >= 0.6 is 11.3 Å². The Morgan fingerprint density at radius 3 is 2.58 bits per heavy atom. The minimum Gasteiger partial charge on any atom is -0.477 e. The van der Waals surface area contributed by atoms with Crippen LogP contribution in [0.1, 0.15) is 48.5 Å². The van der Waals surface area contributed by atoms with E-state index >= 15 is 0 Å². The maximum atomic E-state index is 14.2. The van der Waals surface area contributed by atoms with Crippen molar-refractivity contribution >= 4 is 28.3 Å². The zero-order chi connectivity index (χ0) is 34.2. The van der Waals surface area contributed by atoms with Gasteiger partial charge in [0.1, 0.15) is 17.0 Å². The van der Waals surface area contributed by atoms with Crippen molar-refractivity contribution in [2.24, 2.45) is 18.9 Å². The van der Waals surface area contributed by atoms with Crippen LogP contribution < -0.4 is 10.3 Å². The summed E-state index contributed by atoms with van der Waals surface area (Å²) in [5.74, 6) is 1.42. The molecule has 0 unspecified atom stereocenters. The van der Waals surface area contributed by atoms with Crippen molar-refractivity contribution < 1.29 is 14.6 Å². The molecular weight excluding hydrogens is 651 g/mol. The third-order valence-corrected chi connectivity index (χ3v) is 11.7. The molecule has 12 heteroatoms. The van der Waals surface area contributed by atoms with Crippen LogP contribution in [0.2, 0.25) is 0 Å². The van der Waals surface area contributed by atoms with Gasteiger partial charge in [-0.3, -0.25) is 19.1 Å². The summed E-state index contributed by atoms with van der Waals surface area (Å²) >= 11 is 1.68. The van der Waals surface area contributed by atoms with E-state index in [1.807, 2.05) is 65.4 Å². The molecule has 1 amide bonds. The van der Waals surface area contributed by atoms with Gasteiger partial charge in [0.25, 0.3) is 5.56 Å². The molecule has 3 aliphatic rings. The third kappa shape index (κ3) is 6.97. The Kier molecular flexibility index (Phi) is 9.00. The predicted octanol–water partition coefficient (Wildman–Crippen LogP) is 4.70. The summed E-state index contributed by atoms with van der Waals surface area (Å²) in [5.41, 5.74) is 1.55. The minimum absolute atomic E-state index is 0.0558. The molecule has 2 aliphatic heterocycles. The zero-order valence-corrected chi connectivity index (χ0v) is 29.2. The molecule has 260 valence electrons. The number of aryl methyl sites for hydroxylation is 1. The van der Waals surface area contributed by atoms with Crippen LogP contribution in [-0.4, -0.2) is 83.3 Å². The predicted molar refractivity (Wildman–Crippen MR) is 192 cm³/mol. The maximum absolute atomic E-state index is 14.2. The molecule has 2 saturated heterocycles. The largest absolute Gasteiger partial charge is 0.477 e. The van der Waals surface area contributed by atoms with E-state index in [2.05, 4.69) is 27.0 Å². The van der Waals surface area contributed by atoms with Crippen molar-refractivity contribution in [3.63, 3.8) is 0 Å². The highest BCUT2D eigenvalue weighted by Crippen LogP contribution is 2.37. The molecule has 50 heavy (non-hydrogen) atoms. The second-order valence-electron chi connectivity index (χ2n) is 14.3. The second kappa shape index (κ2) is 13.7. The molecule has 11 nitrogen and oxygen atoms in total. The number of aliphatic hydroxyl groups is 1. The molecule has 2 atom stereocenters. The monoisotopic (exact) mass is 693 g/mol. The fraction of sp³-hybridized carbons (Fsp3) is 0.447. The molecular formula is C38H43N7O4S. The number of fused-ring (bicyclic) bond motifs is 1. The summed E-state index contributed by atoms with van der Waals surface area (Å²) in [6.07, 6.45) is 11.2. The molecule has 1 N–H and O–H groups in total. The number of pyridine rings is 1. The van der Waals surface area contributed by atoms with Gasteiger partial charge in [-0.1, -0.05) is 30.3 Å². The SMILES string of the molecule is Cn1ccc2c(=O)n(CC3(O)CCN(C(=O)[C@@H]4CCN(Cc5cnc(-c6ccc(OCC7CC7)nc6)s5)C[C@H]4c4ccccc4)CC3)cnc21.